The van der Waals surface area contributed by atoms with Gasteiger partial charge in [0.25, 0.3) is 0 Å². The lowest BCUT2D eigenvalue weighted by atomic mass is 10.1. The first-order valence-corrected chi connectivity index (χ1v) is 5.43. The highest BCUT2D eigenvalue weighted by Crippen LogP contribution is 2.26. The number of nitrogens with zero attached hydrogens (tertiary/aromatic N) is 1. The molecule has 86 valence electrons. The van der Waals surface area contributed by atoms with Crippen molar-refractivity contribution in [1.29, 1.82) is 0 Å². The molecule has 3 nitrogen and oxygen atoms in total. The molecular weight excluding hydrogens is 214 g/mol. The average Bonchev–Trinajstić information content (AvgIpc) is 2.73. The zero-order valence-corrected chi connectivity index (χ0v) is 9.43. The number of carbonyl (C=O) groups is 1. The molecule has 0 bridgehead atoms. The predicted molar refractivity (Wildman–Crippen MR) is 65.0 cm³/mol. The van der Waals surface area contributed by atoms with Crippen LogP contribution >= 0.6 is 0 Å². The van der Waals surface area contributed by atoms with Crippen molar-refractivity contribution in [3.63, 3.8) is 0 Å². The zero-order chi connectivity index (χ0) is 12.1. The summed E-state index contributed by atoms with van der Waals surface area (Å²) in [5.74, 6) is 2.86. The number of carbonyl (C=O) groups excluding carboxylic acids is 1. The van der Waals surface area contributed by atoms with Crippen LogP contribution in [-0.2, 0) is 4.74 Å². The van der Waals surface area contributed by atoms with E-state index in [0.29, 0.717) is 13.0 Å². The van der Waals surface area contributed by atoms with Crippen molar-refractivity contribution < 1.29 is 9.53 Å². The fourth-order valence-electron chi connectivity index (χ4n) is 1.67. The van der Waals surface area contributed by atoms with Gasteiger partial charge in [0, 0.05) is 12.5 Å². The van der Waals surface area contributed by atoms with Crippen molar-refractivity contribution in [2.24, 2.45) is 0 Å². The van der Waals surface area contributed by atoms with Crippen LogP contribution in [0.5, 0.6) is 0 Å². The highest BCUT2D eigenvalue weighted by atomic mass is 16.6. The Morgan fingerprint density at radius 3 is 2.94 bits per heavy atom. The largest absolute Gasteiger partial charge is 0.446 e. The van der Waals surface area contributed by atoms with Crippen molar-refractivity contribution in [2.45, 2.75) is 12.5 Å². The quantitative estimate of drug-likeness (QED) is 0.574. The van der Waals surface area contributed by atoms with Crippen molar-refractivity contribution in [3.05, 3.63) is 48.6 Å². The van der Waals surface area contributed by atoms with Gasteiger partial charge >= 0.3 is 6.09 Å². The van der Waals surface area contributed by atoms with Crippen molar-refractivity contribution in [3.8, 4) is 12.0 Å². The molecule has 1 aromatic rings. The Bertz CT molecular complexity index is 470. The molecule has 1 aromatic carbocycles. The Morgan fingerprint density at radius 2 is 2.24 bits per heavy atom. The van der Waals surface area contributed by atoms with E-state index in [-0.39, 0.29) is 12.1 Å². The summed E-state index contributed by atoms with van der Waals surface area (Å²) in [7, 11) is 0. The monoisotopic (exact) mass is 227 g/mol. The van der Waals surface area contributed by atoms with E-state index >= 15 is 0 Å². The Labute approximate surface area is 101 Å². The summed E-state index contributed by atoms with van der Waals surface area (Å²) in [6.07, 6.45) is 1.88. The second kappa shape index (κ2) is 5.22. The molecule has 2 rings (SSSR count). The number of rotatable bonds is 2. The van der Waals surface area contributed by atoms with Gasteiger partial charge in [-0.05, 0) is 5.56 Å². The first-order chi connectivity index (χ1) is 8.33. The normalized spacial score (nSPS) is 18.2. The molecule has 1 aliphatic rings. The second-order valence-corrected chi connectivity index (χ2v) is 3.65. The van der Waals surface area contributed by atoms with E-state index in [9.17, 15) is 4.79 Å². The van der Waals surface area contributed by atoms with Gasteiger partial charge in [0.15, 0.2) is 0 Å². The third-order valence-electron chi connectivity index (χ3n) is 2.50. The number of hydrogen-bond acceptors (Lipinski definition) is 2. The van der Waals surface area contributed by atoms with Crippen LogP contribution in [0.1, 0.15) is 18.0 Å². The Kier molecular flexibility index (Phi) is 3.46. The fraction of sp³-hybridized carbons (Fsp3) is 0.214. The Morgan fingerprint density at radius 1 is 1.47 bits per heavy atom. The van der Waals surface area contributed by atoms with E-state index in [1.54, 1.807) is 6.08 Å². The van der Waals surface area contributed by atoms with E-state index in [1.165, 1.54) is 4.90 Å². The van der Waals surface area contributed by atoms with E-state index < -0.39 is 0 Å². The molecular formula is C14H13NO2. The zero-order valence-electron chi connectivity index (χ0n) is 9.43. The lowest BCUT2D eigenvalue weighted by molar-refractivity contribution is 0.167. The number of benzene rings is 1. The molecule has 1 fully saturated rings. The van der Waals surface area contributed by atoms with Gasteiger partial charge < -0.3 is 4.74 Å². The minimum absolute atomic E-state index is 0.110. The average molecular weight is 227 g/mol. The molecule has 1 saturated heterocycles. The van der Waals surface area contributed by atoms with E-state index in [4.69, 9.17) is 4.74 Å². The standard InChI is InChI=1S/C14H13NO2/c1-2-3-7-10-15-13(11-17-14(15)16)12-8-5-4-6-9-12/h2,4-6,8-9,13H,1,3,11H2/t13-/m0/s1. The molecule has 3 heteroatoms. The summed E-state index contributed by atoms with van der Waals surface area (Å²) in [5, 5.41) is 0. The Hall–Kier alpha value is -2.21. The topological polar surface area (TPSA) is 29.5 Å². The maximum Gasteiger partial charge on any atom is 0.422 e. The molecule has 0 radical (unpaired) electrons. The summed E-state index contributed by atoms with van der Waals surface area (Å²) in [5.41, 5.74) is 1.03. The smallest absolute Gasteiger partial charge is 0.422 e. The molecule has 0 unspecified atom stereocenters. The molecule has 0 saturated carbocycles. The molecule has 0 spiro atoms. The van der Waals surface area contributed by atoms with Crippen LogP contribution in [0.2, 0.25) is 0 Å². The second-order valence-electron chi connectivity index (χ2n) is 3.65. The number of hydrogen-bond donors (Lipinski definition) is 0. The minimum Gasteiger partial charge on any atom is -0.446 e. The van der Waals surface area contributed by atoms with Crippen molar-refractivity contribution in [2.75, 3.05) is 6.61 Å². The summed E-state index contributed by atoms with van der Waals surface area (Å²) >= 11 is 0. The van der Waals surface area contributed by atoms with Gasteiger partial charge in [-0.3, -0.25) is 0 Å². The van der Waals surface area contributed by atoms with E-state index in [0.717, 1.165) is 5.56 Å². The van der Waals surface area contributed by atoms with Gasteiger partial charge in [0.1, 0.15) is 12.6 Å². The van der Waals surface area contributed by atoms with Crippen LogP contribution in [0, 0.1) is 12.0 Å². The first kappa shape index (κ1) is 11.3. The third-order valence-corrected chi connectivity index (χ3v) is 2.50. The maximum atomic E-state index is 11.5. The van der Waals surface area contributed by atoms with Gasteiger partial charge in [0.05, 0.1) is 0 Å². The van der Waals surface area contributed by atoms with Gasteiger partial charge in [-0.25, -0.2) is 9.69 Å². The number of ether oxygens (including phenoxy) is 1. The summed E-state index contributed by atoms with van der Waals surface area (Å²) in [6, 6.07) is 12.5. The summed E-state index contributed by atoms with van der Waals surface area (Å²) < 4.78 is 5.02. The molecule has 1 aliphatic heterocycles. The first-order valence-electron chi connectivity index (χ1n) is 5.43. The highest BCUT2D eigenvalue weighted by Gasteiger charge is 2.33. The van der Waals surface area contributed by atoms with Gasteiger partial charge in [-0.1, -0.05) is 42.3 Å². The minimum atomic E-state index is -0.379. The Balaban J connectivity index is 2.20. The molecule has 1 amide bonds. The van der Waals surface area contributed by atoms with Crippen LogP contribution in [0.4, 0.5) is 4.79 Å². The fourth-order valence-corrected chi connectivity index (χ4v) is 1.67. The van der Waals surface area contributed by atoms with Gasteiger partial charge in [-0.15, -0.1) is 6.58 Å². The molecule has 1 atom stereocenters. The van der Waals surface area contributed by atoms with Crippen LogP contribution in [-0.4, -0.2) is 17.6 Å². The van der Waals surface area contributed by atoms with Crippen molar-refractivity contribution >= 4 is 6.09 Å². The molecule has 17 heavy (non-hydrogen) atoms. The van der Waals surface area contributed by atoms with Crippen molar-refractivity contribution in [1.82, 2.24) is 4.90 Å². The van der Waals surface area contributed by atoms with Gasteiger partial charge in [-0.2, -0.15) is 0 Å². The predicted octanol–water partition coefficient (Wildman–Crippen LogP) is 2.72. The van der Waals surface area contributed by atoms with Crippen LogP contribution < -0.4 is 0 Å². The van der Waals surface area contributed by atoms with Crippen LogP contribution in [0.3, 0.4) is 0 Å². The highest BCUT2D eigenvalue weighted by molar-refractivity contribution is 5.72. The van der Waals surface area contributed by atoms with Crippen LogP contribution in [0.15, 0.2) is 43.0 Å². The maximum absolute atomic E-state index is 11.5. The lowest BCUT2D eigenvalue weighted by Gasteiger charge is -2.14. The van der Waals surface area contributed by atoms with E-state index in [2.05, 4.69) is 18.5 Å². The number of allylic oxidation sites excluding steroid dienone is 1. The van der Waals surface area contributed by atoms with Crippen LogP contribution in [0.25, 0.3) is 0 Å². The third kappa shape index (κ3) is 2.48. The SMILES string of the molecule is C=CCC#CN1C(=O)OC[C@H]1c1ccccc1. The number of cyclic esters (lactones) is 1. The number of amides is 1. The molecule has 1 heterocycles. The summed E-state index contributed by atoms with van der Waals surface area (Å²) in [4.78, 5) is 13.0. The molecule has 0 aromatic heterocycles. The van der Waals surface area contributed by atoms with E-state index in [1.807, 2.05) is 30.3 Å². The molecule has 0 aliphatic carbocycles. The molecule has 0 N–H and O–H groups in total. The summed E-state index contributed by atoms with van der Waals surface area (Å²) in [6.45, 7) is 3.94. The van der Waals surface area contributed by atoms with Gasteiger partial charge in [0.2, 0.25) is 0 Å². The lowest BCUT2D eigenvalue weighted by Crippen LogP contribution is -2.22.